The van der Waals surface area contributed by atoms with Crippen LogP contribution in [0.5, 0.6) is 0 Å². The fourth-order valence-electron chi connectivity index (χ4n) is 1.64. The van der Waals surface area contributed by atoms with Crippen molar-refractivity contribution in [1.82, 2.24) is 10.8 Å². The van der Waals surface area contributed by atoms with E-state index in [0.717, 1.165) is 6.42 Å². The first-order valence-electron chi connectivity index (χ1n) is 7.01. The first-order chi connectivity index (χ1) is 11.0. The molecule has 0 aromatic heterocycles. The summed E-state index contributed by atoms with van der Waals surface area (Å²) in [5.41, 5.74) is 2.40. The minimum absolute atomic E-state index is 0.298. The van der Waals surface area contributed by atoms with Crippen LogP contribution in [0, 0.1) is 23.7 Å². The fourth-order valence-corrected chi connectivity index (χ4v) is 1.64. The number of nitrogens with one attached hydrogen (secondary N) is 2. The highest BCUT2D eigenvalue weighted by molar-refractivity contribution is 5.97. The van der Waals surface area contributed by atoms with E-state index in [1.165, 1.54) is 12.4 Å². The summed E-state index contributed by atoms with van der Waals surface area (Å²) in [5, 5.41) is 20.4. The van der Waals surface area contributed by atoms with Gasteiger partial charge in [-0.3, -0.25) is 14.8 Å². The normalized spacial score (nSPS) is 11.8. The van der Waals surface area contributed by atoms with Gasteiger partial charge in [-0.2, -0.15) is 0 Å². The van der Waals surface area contributed by atoms with Crippen molar-refractivity contribution in [3.8, 4) is 23.7 Å². The van der Waals surface area contributed by atoms with E-state index in [4.69, 9.17) is 5.21 Å². The SMILES string of the molecule is CCC#CC#Cc1ccc(C(=O)N[C@H](C(=O)NO)[C@@H](C)O)cc1. The second-order valence-electron chi connectivity index (χ2n) is 4.65. The smallest absolute Gasteiger partial charge is 0.268 e. The van der Waals surface area contributed by atoms with Gasteiger partial charge in [0.25, 0.3) is 11.8 Å². The van der Waals surface area contributed by atoms with Crippen molar-refractivity contribution in [2.75, 3.05) is 0 Å². The third kappa shape index (κ3) is 5.84. The van der Waals surface area contributed by atoms with Crippen LogP contribution in [0.25, 0.3) is 0 Å². The Labute approximate surface area is 134 Å². The summed E-state index contributed by atoms with van der Waals surface area (Å²) in [5.74, 6) is 9.60. The summed E-state index contributed by atoms with van der Waals surface area (Å²) in [6, 6.07) is 5.14. The summed E-state index contributed by atoms with van der Waals surface area (Å²) < 4.78 is 0. The average molecular weight is 314 g/mol. The molecular weight excluding hydrogens is 296 g/mol. The van der Waals surface area contributed by atoms with Crippen LogP contribution in [0.15, 0.2) is 24.3 Å². The maximum atomic E-state index is 12.0. The lowest BCUT2D eigenvalue weighted by atomic mass is 10.1. The van der Waals surface area contributed by atoms with E-state index in [-0.39, 0.29) is 0 Å². The summed E-state index contributed by atoms with van der Waals surface area (Å²) >= 11 is 0. The number of carbonyl (C=O) groups is 2. The summed E-state index contributed by atoms with van der Waals surface area (Å²) in [6.07, 6.45) is -0.423. The van der Waals surface area contributed by atoms with Crippen LogP contribution in [0.3, 0.4) is 0 Å². The predicted molar refractivity (Wildman–Crippen MR) is 84.3 cm³/mol. The highest BCUT2D eigenvalue weighted by Crippen LogP contribution is 2.05. The standard InChI is InChI=1S/C17H18N2O4/c1-3-4-5-6-7-13-8-10-14(11-9-13)16(21)18-15(12(2)20)17(22)19-23/h8-12,15,20,23H,3H2,1-2H3,(H,18,21)(H,19,22)/t12-,15+/m1/s1. The molecule has 0 aliphatic heterocycles. The molecule has 1 rings (SSSR count). The summed E-state index contributed by atoms with van der Waals surface area (Å²) in [7, 11) is 0. The lowest BCUT2D eigenvalue weighted by Gasteiger charge is -2.19. The number of benzene rings is 1. The highest BCUT2D eigenvalue weighted by atomic mass is 16.5. The van der Waals surface area contributed by atoms with Gasteiger partial charge in [0.15, 0.2) is 0 Å². The zero-order chi connectivity index (χ0) is 17.2. The zero-order valence-corrected chi connectivity index (χ0v) is 12.9. The van der Waals surface area contributed by atoms with Crippen LogP contribution in [-0.4, -0.2) is 34.3 Å². The zero-order valence-electron chi connectivity index (χ0n) is 12.9. The van der Waals surface area contributed by atoms with Gasteiger partial charge in [-0.05, 0) is 43.0 Å². The van der Waals surface area contributed by atoms with E-state index in [9.17, 15) is 14.7 Å². The largest absolute Gasteiger partial charge is 0.391 e. The number of rotatable bonds is 4. The molecule has 0 heterocycles. The average Bonchev–Trinajstić information content (AvgIpc) is 2.56. The summed E-state index contributed by atoms with van der Waals surface area (Å²) in [6.45, 7) is 3.26. The van der Waals surface area contributed by atoms with Crippen molar-refractivity contribution in [1.29, 1.82) is 0 Å². The Hall–Kier alpha value is -2.80. The number of carbonyl (C=O) groups excluding carboxylic acids is 2. The molecule has 1 aromatic rings. The van der Waals surface area contributed by atoms with Crippen molar-refractivity contribution in [3.05, 3.63) is 35.4 Å². The molecule has 0 aliphatic rings. The van der Waals surface area contributed by atoms with E-state index in [0.29, 0.717) is 11.1 Å². The number of hydroxylamine groups is 1. The Morgan fingerprint density at radius 2 is 1.87 bits per heavy atom. The van der Waals surface area contributed by atoms with Gasteiger partial charge in [-0.25, -0.2) is 5.48 Å². The quantitative estimate of drug-likeness (QED) is 0.368. The van der Waals surface area contributed by atoms with E-state index >= 15 is 0 Å². The van der Waals surface area contributed by atoms with Gasteiger partial charge in [0.2, 0.25) is 0 Å². The Morgan fingerprint density at radius 3 is 2.39 bits per heavy atom. The number of aliphatic hydroxyl groups excluding tert-OH is 1. The maximum absolute atomic E-state index is 12.0. The molecule has 23 heavy (non-hydrogen) atoms. The molecular formula is C17H18N2O4. The van der Waals surface area contributed by atoms with Crippen molar-refractivity contribution < 1.29 is 19.9 Å². The molecule has 2 atom stereocenters. The molecule has 0 bridgehead atoms. The third-order valence-corrected chi connectivity index (χ3v) is 2.84. The Balaban J connectivity index is 2.80. The Bertz CT molecular complexity index is 673. The number of hydrogen-bond acceptors (Lipinski definition) is 4. The third-order valence-electron chi connectivity index (χ3n) is 2.84. The molecule has 0 fully saturated rings. The number of amides is 2. The minimum atomic E-state index is -1.25. The molecule has 1 aromatic carbocycles. The Kier molecular flexibility index (Phi) is 7.35. The first kappa shape index (κ1) is 18.2. The number of aliphatic hydroxyl groups is 1. The number of hydrogen-bond donors (Lipinski definition) is 4. The van der Waals surface area contributed by atoms with E-state index < -0.39 is 24.0 Å². The fraction of sp³-hybridized carbons (Fsp3) is 0.294. The predicted octanol–water partition coefficient (Wildman–Crippen LogP) is 0.436. The van der Waals surface area contributed by atoms with Crippen molar-refractivity contribution >= 4 is 11.8 Å². The minimum Gasteiger partial charge on any atom is -0.391 e. The molecule has 0 saturated heterocycles. The maximum Gasteiger partial charge on any atom is 0.268 e. The highest BCUT2D eigenvalue weighted by Gasteiger charge is 2.25. The molecule has 4 N–H and O–H groups in total. The van der Waals surface area contributed by atoms with Gasteiger partial charge in [0.05, 0.1) is 6.10 Å². The van der Waals surface area contributed by atoms with Crippen LogP contribution in [-0.2, 0) is 4.79 Å². The first-order valence-corrected chi connectivity index (χ1v) is 7.01. The van der Waals surface area contributed by atoms with Gasteiger partial charge in [0, 0.05) is 17.5 Å². The van der Waals surface area contributed by atoms with Crippen molar-refractivity contribution in [2.24, 2.45) is 0 Å². The molecule has 6 heteroatoms. The monoisotopic (exact) mass is 314 g/mol. The molecule has 6 nitrogen and oxygen atoms in total. The van der Waals surface area contributed by atoms with Crippen LogP contribution < -0.4 is 10.8 Å². The lowest BCUT2D eigenvalue weighted by Crippen LogP contribution is -2.51. The molecule has 120 valence electrons. The molecule has 0 radical (unpaired) electrons. The van der Waals surface area contributed by atoms with Gasteiger partial charge in [-0.15, -0.1) is 0 Å². The summed E-state index contributed by atoms with van der Waals surface area (Å²) in [4.78, 5) is 23.4. The van der Waals surface area contributed by atoms with Gasteiger partial charge < -0.3 is 10.4 Å². The topological polar surface area (TPSA) is 98.7 Å². The van der Waals surface area contributed by atoms with Gasteiger partial charge in [0.1, 0.15) is 6.04 Å². The Morgan fingerprint density at radius 1 is 1.22 bits per heavy atom. The van der Waals surface area contributed by atoms with Crippen LogP contribution in [0.1, 0.15) is 36.2 Å². The molecule has 0 spiro atoms. The van der Waals surface area contributed by atoms with Crippen LogP contribution in [0.4, 0.5) is 0 Å². The van der Waals surface area contributed by atoms with E-state index in [2.05, 4.69) is 29.0 Å². The molecule has 0 unspecified atom stereocenters. The van der Waals surface area contributed by atoms with E-state index in [1.54, 1.807) is 24.3 Å². The van der Waals surface area contributed by atoms with Crippen molar-refractivity contribution in [2.45, 2.75) is 32.4 Å². The van der Waals surface area contributed by atoms with E-state index in [1.807, 2.05) is 6.92 Å². The van der Waals surface area contributed by atoms with Crippen LogP contribution in [0.2, 0.25) is 0 Å². The molecule has 2 amide bonds. The van der Waals surface area contributed by atoms with Gasteiger partial charge >= 0.3 is 0 Å². The second kappa shape index (κ2) is 9.26. The van der Waals surface area contributed by atoms with Crippen molar-refractivity contribution in [3.63, 3.8) is 0 Å². The van der Waals surface area contributed by atoms with Crippen LogP contribution >= 0.6 is 0 Å². The molecule has 0 aliphatic carbocycles. The lowest BCUT2D eigenvalue weighted by molar-refractivity contribution is -0.133. The second-order valence-corrected chi connectivity index (χ2v) is 4.65. The van der Waals surface area contributed by atoms with Gasteiger partial charge in [-0.1, -0.05) is 18.8 Å². The molecule has 0 saturated carbocycles.